The van der Waals surface area contributed by atoms with Crippen molar-refractivity contribution >= 4 is 23.6 Å². The van der Waals surface area contributed by atoms with Crippen molar-refractivity contribution in [2.45, 2.75) is 44.7 Å². The number of nitrogens with zero attached hydrogens (tertiary/aromatic N) is 3. The molecule has 0 unspecified atom stereocenters. The number of rotatable bonds is 7. The normalized spacial score (nSPS) is 21.5. The highest BCUT2D eigenvalue weighted by Crippen LogP contribution is 2.24. The Morgan fingerprint density at radius 1 is 1.21 bits per heavy atom. The number of hydrogen-bond acceptors (Lipinski definition) is 5. The van der Waals surface area contributed by atoms with Gasteiger partial charge in [0.1, 0.15) is 0 Å². The third kappa shape index (κ3) is 5.95. The third-order valence-electron chi connectivity index (χ3n) is 5.85. The van der Waals surface area contributed by atoms with E-state index >= 15 is 0 Å². The maximum absolute atomic E-state index is 12.6. The zero-order chi connectivity index (χ0) is 19.8. The molecule has 0 spiro atoms. The molecule has 7 heteroatoms. The van der Waals surface area contributed by atoms with Crippen LogP contribution in [0.25, 0.3) is 0 Å². The number of thioether (sulfide) groups is 1. The second-order valence-electron chi connectivity index (χ2n) is 7.73. The lowest BCUT2D eigenvalue weighted by molar-refractivity contribution is -0.132. The summed E-state index contributed by atoms with van der Waals surface area (Å²) in [5.74, 6) is 1.39. The van der Waals surface area contributed by atoms with Crippen molar-refractivity contribution < 1.29 is 9.59 Å². The van der Waals surface area contributed by atoms with Gasteiger partial charge in [-0.1, -0.05) is 6.07 Å². The molecule has 3 heterocycles. The van der Waals surface area contributed by atoms with Crippen molar-refractivity contribution in [3.63, 3.8) is 0 Å². The summed E-state index contributed by atoms with van der Waals surface area (Å²) in [7, 11) is 0. The molecule has 0 radical (unpaired) electrons. The first kappa shape index (κ1) is 21.1. The van der Waals surface area contributed by atoms with Gasteiger partial charge in [0.05, 0.1) is 18.2 Å². The molecule has 2 saturated heterocycles. The van der Waals surface area contributed by atoms with E-state index in [9.17, 15) is 9.59 Å². The van der Waals surface area contributed by atoms with Gasteiger partial charge < -0.3 is 10.2 Å². The van der Waals surface area contributed by atoms with Crippen molar-refractivity contribution in [3.8, 4) is 0 Å². The molecule has 2 aliphatic rings. The largest absolute Gasteiger partial charge is 0.350 e. The SMILES string of the molecule is CSCCC(=O)N1CCC(N2CCC[C@@H](C(=O)NCc3ccccn3)C2)CC1. The average molecular weight is 405 g/mol. The van der Waals surface area contributed by atoms with Crippen LogP contribution in [-0.4, -0.2) is 70.8 Å². The van der Waals surface area contributed by atoms with E-state index in [1.165, 1.54) is 0 Å². The Hall–Kier alpha value is -1.60. The van der Waals surface area contributed by atoms with Crippen LogP contribution >= 0.6 is 11.8 Å². The van der Waals surface area contributed by atoms with Crippen molar-refractivity contribution in [3.05, 3.63) is 30.1 Å². The number of carbonyl (C=O) groups excluding carboxylic acids is 2. The average Bonchev–Trinajstić information content (AvgIpc) is 2.76. The lowest BCUT2D eigenvalue weighted by atomic mass is 9.93. The van der Waals surface area contributed by atoms with Crippen LogP contribution in [0.1, 0.15) is 37.8 Å². The number of hydrogen-bond donors (Lipinski definition) is 1. The summed E-state index contributed by atoms with van der Waals surface area (Å²) < 4.78 is 0. The van der Waals surface area contributed by atoms with Crippen molar-refractivity contribution in [2.75, 3.05) is 38.2 Å². The smallest absolute Gasteiger partial charge is 0.224 e. The quantitative estimate of drug-likeness (QED) is 0.754. The molecule has 154 valence electrons. The molecule has 0 aromatic carbocycles. The molecule has 1 atom stereocenters. The minimum atomic E-state index is 0.0544. The molecule has 0 saturated carbocycles. The molecule has 2 amide bonds. The Morgan fingerprint density at radius 2 is 2.04 bits per heavy atom. The predicted molar refractivity (Wildman–Crippen MR) is 113 cm³/mol. The van der Waals surface area contributed by atoms with Crippen LogP contribution in [0, 0.1) is 5.92 Å². The molecular formula is C21H32N4O2S. The van der Waals surface area contributed by atoms with Crippen molar-refractivity contribution in [1.82, 2.24) is 20.1 Å². The Morgan fingerprint density at radius 3 is 2.75 bits per heavy atom. The summed E-state index contributed by atoms with van der Waals surface area (Å²) in [6, 6.07) is 6.25. The first-order valence-corrected chi connectivity index (χ1v) is 11.7. The highest BCUT2D eigenvalue weighted by Gasteiger charge is 2.32. The molecule has 1 N–H and O–H groups in total. The summed E-state index contributed by atoms with van der Waals surface area (Å²) in [4.78, 5) is 33.6. The third-order valence-corrected chi connectivity index (χ3v) is 6.46. The van der Waals surface area contributed by atoms with E-state index in [1.807, 2.05) is 29.4 Å². The Kier molecular flexibility index (Phi) is 8.15. The summed E-state index contributed by atoms with van der Waals surface area (Å²) in [5.41, 5.74) is 0.891. The van der Waals surface area contributed by atoms with E-state index in [0.29, 0.717) is 24.9 Å². The number of pyridine rings is 1. The van der Waals surface area contributed by atoms with Gasteiger partial charge in [-0.25, -0.2) is 0 Å². The first-order valence-electron chi connectivity index (χ1n) is 10.4. The molecular weight excluding hydrogens is 372 g/mol. The van der Waals surface area contributed by atoms with Gasteiger partial charge in [0.15, 0.2) is 0 Å². The van der Waals surface area contributed by atoms with Crippen LogP contribution in [-0.2, 0) is 16.1 Å². The van der Waals surface area contributed by atoms with Gasteiger partial charge in [-0.2, -0.15) is 11.8 Å². The summed E-state index contributed by atoms with van der Waals surface area (Å²) in [5, 5.41) is 3.05. The highest BCUT2D eigenvalue weighted by atomic mass is 32.2. The van der Waals surface area contributed by atoms with Gasteiger partial charge in [-0.3, -0.25) is 19.5 Å². The molecule has 1 aromatic heterocycles. The van der Waals surface area contributed by atoms with Crippen LogP contribution < -0.4 is 5.32 Å². The van der Waals surface area contributed by atoms with Gasteiger partial charge in [0, 0.05) is 44.0 Å². The Labute approximate surface area is 172 Å². The molecule has 2 fully saturated rings. The van der Waals surface area contributed by atoms with Crippen LogP contribution in [0.2, 0.25) is 0 Å². The molecule has 0 bridgehead atoms. The minimum Gasteiger partial charge on any atom is -0.350 e. The van der Waals surface area contributed by atoms with Crippen LogP contribution in [0.3, 0.4) is 0 Å². The fourth-order valence-corrected chi connectivity index (χ4v) is 4.58. The standard InChI is InChI=1S/C21H32N4O2S/c1-28-14-9-20(26)24-12-7-19(8-13-24)25-11-4-5-17(16-25)21(27)23-15-18-6-2-3-10-22-18/h2-3,6,10,17,19H,4-5,7-9,11-16H2,1H3,(H,23,27)/t17-/m1/s1. The van der Waals surface area contributed by atoms with Gasteiger partial charge in [0.2, 0.25) is 11.8 Å². The highest BCUT2D eigenvalue weighted by molar-refractivity contribution is 7.98. The summed E-state index contributed by atoms with van der Waals surface area (Å²) >= 11 is 1.73. The number of likely N-dealkylation sites (tertiary alicyclic amines) is 2. The van der Waals surface area contributed by atoms with E-state index in [4.69, 9.17) is 0 Å². The van der Waals surface area contributed by atoms with Gasteiger partial charge in [-0.05, 0) is 50.6 Å². The van der Waals surface area contributed by atoms with Crippen LogP contribution in [0.15, 0.2) is 24.4 Å². The maximum atomic E-state index is 12.6. The van der Waals surface area contributed by atoms with Crippen LogP contribution in [0.4, 0.5) is 0 Å². The molecule has 1 aromatic rings. The fourth-order valence-electron chi connectivity index (χ4n) is 4.20. The number of piperidine rings is 2. The molecule has 0 aliphatic carbocycles. The first-order chi connectivity index (χ1) is 13.7. The van der Waals surface area contributed by atoms with Gasteiger partial charge in [0.25, 0.3) is 0 Å². The lowest BCUT2D eigenvalue weighted by Gasteiger charge is -2.42. The molecule has 3 rings (SSSR count). The van der Waals surface area contributed by atoms with Crippen molar-refractivity contribution in [2.24, 2.45) is 5.92 Å². The predicted octanol–water partition coefficient (Wildman–Crippen LogP) is 2.15. The topological polar surface area (TPSA) is 65.5 Å². The second kappa shape index (κ2) is 10.8. The monoisotopic (exact) mass is 404 g/mol. The number of nitrogens with one attached hydrogen (secondary N) is 1. The summed E-state index contributed by atoms with van der Waals surface area (Å²) in [6.07, 6.45) is 8.50. The molecule has 2 aliphatic heterocycles. The van der Waals surface area contributed by atoms with E-state index in [2.05, 4.69) is 15.2 Å². The molecule has 6 nitrogen and oxygen atoms in total. The van der Waals surface area contributed by atoms with Gasteiger partial charge in [-0.15, -0.1) is 0 Å². The van der Waals surface area contributed by atoms with E-state index < -0.39 is 0 Å². The number of carbonyl (C=O) groups is 2. The number of aromatic nitrogens is 1. The lowest BCUT2D eigenvalue weighted by Crippen LogP contribution is -2.51. The summed E-state index contributed by atoms with van der Waals surface area (Å²) in [6.45, 7) is 4.09. The van der Waals surface area contributed by atoms with Gasteiger partial charge >= 0.3 is 0 Å². The zero-order valence-electron chi connectivity index (χ0n) is 16.8. The van der Waals surface area contributed by atoms with E-state index in [0.717, 1.165) is 63.3 Å². The number of amides is 2. The Balaban J connectivity index is 1.43. The van der Waals surface area contributed by atoms with E-state index in [-0.39, 0.29) is 11.8 Å². The molecule has 28 heavy (non-hydrogen) atoms. The minimum absolute atomic E-state index is 0.0544. The maximum Gasteiger partial charge on any atom is 0.224 e. The second-order valence-corrected chi connectivity index (χ2v) is 8.71. The van der Waals surface area contributed by atoms with E-state index in [1.54, 1.807) is 18.0 Å². The zero-order valence-corrected chi connectivity index (χ0v) is 17.6. The fraction of sp³-hybridized carbons (Fsp3) is 0.667. The Bertz CT molecular complexity index is 635. The van der Waals surface area contributed by atoms with Crippen LogP contribution in [0.5, 0.6) is 0 Å². The van der Waals surface area contributed by atoms with Crippen molar-refractivity contribution in [1.29, 1.82) is 0 Å².